The molecule has 1 unspecified atom stereocenters. The Morgan fingerprint density at radius 1 is 1.39 bits per heavy atom. The summed E-state index contributed by atoms with van der Waals surface area (Å²) in [7, 11) is 0. The van der Waals surface area contributed by atoms with E-state index in [2.05, 4.69) is 39.0 Å². The minimum Gasteiger partial charge on any atom is -0.370 e. The van der Waals surface area contributed by atoms with Gasteiger partial charge in [0.2, 0.25) is 5.91 Å². The van der Waals surface area contributed by atoms with E-state index in [1.807, 2.05) is 0 Å². The number of fused-ring (bicyclic) bond motifs is 1. The number of benzene rings is 1. The largest absolute Gasteiger partial charge is 0.370 e. The molecule has 1 atom stereocenters. The van der Waals surface area contributed by atoms with Crippen molar-refractivity contribution in [1.82, 2.24) is 0 Å². The molecule has 0 heterocycles. The Morgan fingerprint density at radius 3 is 2.72 bits per heavy atom. The average Bonchev–Trinajstić information content (AvgIpc) is 2.27. The first-order chi connectivity index (χ1) is 8.38. The van der Waals surface area contributed by atoms with E-state index < -0.39 is 0 Å². The number of hydrogen-bond acceptors (Lipinski definition) is 1. The maximum Gasteiger partial charge on any atom is 0.218 e. The topological polar surface area (TPSA) is 43.1 Å². The van der Waals surface area contributed by atoms with Crippen LogP contribution in [-0.4, -0.2) is 5.91 Å². The highest BCUT2D eigenvalue weighted by molar-refractivity contribution is 5.75. The Balaban J connectivity index is 2.38. The fraction of sp³-hybridized carbons (Fsp3) is 0.562. The molecule has 1 aromatic carbocycles. The van der Waals surface area contributed by atoms with Crippen molar-refractivity contribution in [3.8, 4) is 0 Å². The zero-order valence-electron chi connectivity index (χ0n) is 11.6. The van der Waals surface area contributed by atoms with E-state index in [0.717, 1.165) is 12.8 Å². The van der Waals surface area contributed by atoms with Crippen molar-refractivity contribution in [3.05, 3.63) is 34.9 Å². The van der Waals surface area contributed by atoms with Crippen LogP contribution in [0.4, 0.5) is 0 Å². The van der Waals surface area contributed by atoms with Gasteiger partial charge >= 0.3 is 0 Å². The molecule has 0 aliphatic heterocycles. The minimum atomic E-state index is -0.186. The molecule has 0 saturated heterocycles. The predicted octanol–water partition coefficient (Wildman–Crippen LogP) is 3.28. The fourth-order valence-corrected chi connectivity index (χ4v) is 2.82. The number of amides is 1. The van der Waals surface area contributed by atoms with Crippen LogP contribution in [0.1, 0.15) is 62.6 Å². The summed E-state index contributed by atoms with van der Waals surface area (Å²) in [6.07, 6.45) is 3.87. The lowest BCUT2D eigenvalue weighted by atomic mass is 9.77. The van der Waals surface area contributed by atoms with Gasteiger partial charge in [-0.2, -0.15) is 0 Å². The molecule has 2 N–H and O–H groups in total. The van der Waals surface area contributed by atoms with Crippen LogP contribution >= 0.6 is 0 Å². The van der Waals surface area contributed by atoms with Crippen molar-refractivity contribution in [2.75, 3.05) is 0 Å². The summed E-state index contributed by atoms with van der Waals surface area (Å²) in [5.74, 6) is 0.141. The monoisotopic (exact) mass is 245 g/mol. The molecule has 0 fully saturated rings. The lowest BCUT2D eigenvalue weighted by Gasteiger charge is -2.28. The van der Waals surface area contributed by atoms with Gasteiger partial charge in [-0.25, -0.2) is 0 Å². The van der Waals surface area contributed by atoms with Crippen molar-refractivity contribution in [3.63, 3.8) is 0 Å². The second-order valence-electron chi connectivity index (χ2n) is 6.42. The highest BCUT2D eigenvalue weighted by Gasteiger charge is 2.24. The van der Waals surface area contributed by atoms with Crippen LogP contribution in [0.2, 0.25) is 0 Å². The standard InChI is InChI=1S/C16H23NO/c1-16(2,3)13-8-7-11-5-4-6-12(9-15(17)18)14(11)10-13/h7-8,10,12H,4-6,9H2,1-3H3,(H2,17,18). The first kappa shape index (κ1) is 13.1. The van der Waals surface area contributed by atoms with Crippen molar-refractivity contribution in [2.24, 2.45) is 5.73 Å². The minimum absolute atomic E-state index is 0.156. The third-order valence-corrected chi connectivity index (χ3v) is 3.90. The van der Waals surface area contributed by atoms with Gasteiger partial charge in [-0.05, 0) is 47.3 Å². The maximum absolute atomic E-state index is 11.2. The quantitative estimate of drug-likeness (QED) is 0.853. The summed E-state index contributed by atoms with van der Waals surface area (Å²) < 4.78 is 0. The highest BCUT2D eigenvalue weighted by Crippen LogP contribution is 2.36. The third kappa shape index (κ3) is 2.74. The Kier molecular flexibility index (Phi) is 3.47. The molecule has 1 aliphatic rings. The molecule has 0 bridgehead atoms. The molecule has 1 aliphatic carbocycles. The van der Waals surface area contributed by atoms with Gasteiger partial charge in [-0.3, -0.25) is 4.79 Å². The lowest BCUT2D eigenvalue weighted by Crippen LogP contribution is -2.20. The molecule has 18 heavy (non-hydrogen) atoms. The average molecular weight is 245 g/mol. The van der Waals surface area contributed by atoms with Gasteiger partial charge in [-0.15, -0.1) is 0 Å². The number of carbonyl (C=O) groups is 1. The van der Waals surface area contributed by atoms with Crippen molar-refractivity contribution in [1.29, 1.82) is 0 Å². The van der Waals surface area contributed by atoms with Gasteiger partial charge in [0.15, 0.2) is 0 Å². The van der Waals surface area contributed by atoms with Gasteiger partial charge in [0.05, 0.1) is 0 Å². The van der Waals surface area contributed by atoms with E-state index in [9.17, 15) is 4.79 Å². The summed E-state index contributed by atoms with van der Waals surface area (Å²) in [4.78, 5) is 11.2. The van der Waals surface area contributed by atoms with E-state index in [1.165, 1.54) is 23.1 Å². The number of nitrogens with two attached hydrogens (primary N) is 1. The van der Waals surface area contributed by atoms with E-state index in [0.29, 0.717) is 12.3 Å². The van der Waals surface area contributed by atoms with Gasteiger partial charge in [-0.1, -0.05) is 39.0 Å². The number of aryl methyl sites for hydroxylation is 1. The Bertz CT molecular complexity index is 457. The van der Waals surface area contributed by atoms with Gasteiger partial charge in [0.25, 0.3) is 0 Å². The second-order valence-corrected chi connectivity index (χ2v) is 6.42. The van der Waals surface area contributed by atoms with E-state index >= 15 is 0 Å². The van der Waals surface area contributed by atoms with Gasteiger partial charge < -0.3 is 5.73 Å². The number of carbonyl (C=O) groups excluding carboxylic acids is 1. The molecule has 0 saturated carbocycles. The zero-order valence-corrected chi connectivity index (χ0v) is 11.6. The van der Waals surface area contributed by atoms with Crippen molar-refractivity contribution < 1.29 is 4.79 Å². The fourth-order valence-electron chi connectivity index (χ4n) is 2.82. The summed E-state index contributed by atoms with van der Waals surface area (Å²) >= 11 is 0. The van der Waals surface area contributed by atoms with Crippen LogP contribution in [0, 0.1) is 0 Å². The Morgan fingerprint density at radius 2 is 2.11 bits per heavy atom. The molecule has 98 valence electrons. The number of primary amides is 1. The number of hydrogen-bond donors (Lipinski definition) is 1. The molecule has 0 spiro atoms. The molecule has 1 aromatic rings. The summed E-state index contributed by atoms with van der Waals surface area (Å²) in [6.45, 7) is 6.67. The van der Waals surface area contributed by atoms with Crippen LogP contribution in [0.15, 0.2) is 18.2 Å². The van der Waals surface area contributed by atoms with Crippen molar-refractivity contribution >= 4 is 5.91 Å². The molecule has 2 nitrogen and oxygen atoms in total. The first-order valence-electron chi connectivity index (χ1n) is 6.79. The predicted molar refractivity (Wildman–Crippen MR) is 74.6 cm³/mol. The molecule has 0 radical (unpaired) electrons. The third-order valence-electron chi connectivity index (χ3n) is 3.90. The molecule has 0 aromatic heterocycles. The lowest BCUT2D eigenvalue weighted by molar-refractivity contribution is -0.118. The zero-order chi connectivity index (χ0) is 13.3. The van der Waals surface area contributed by atoms with Crippen LogP contribution in [-0.2, 0) is 16.6 Å². The van der Waals surface area contributed by atoms with Crippen molar-refractivity contribution in [2.45, 2.75) is 57.8 Å². The van der Waals surface area contributed by atoms with Crippen LogP contribution < -0.4 is 5.73 Å². The van der Waals surface area contributed by atoms with Gasteiger partial charge in [0.1, 0.15) is 0 Å². The van der Waals surface area contributed by atoms with Crippen LogP contribution in [0.5, 0.6) is 0 Å². The molecule has 2 heteroatoms. The number of rotatable bonds is 2. The van der Waals surface area contributed by atoms with Crippen LogP contribution in [0.3, 0.4) is 0 Å². The summed E-state index contributed by atoms with van der Waals surface area (Å²) in [6, 6.07) is 6.76. The highest BCUT2D eigenvalue weighted by atomic mass is 16.1. The SMILES string of the molecule is CC(C)(C)c1ccc2c(c1)C(CC(N)=O)CCC2. The normalized spacial score (nSPS) is 19.4. The van der Waals surface area contributed by atoms with Gasteiger partial charge in [0, 0.05) is 6.42 Å². The Labute approximate surface area is 110 Å². The summed E-state index contributed by atoms with van der Waals surface area (Å²) in [5.41, 5.74) is 9.62. The summed E-state index contributed by atoms with van der Waals surface area (Å²) in [5, 5.41) is 0. The smallest absolute Gasteiger partial charge is 0.218 e. The molecule has 2 rings (SSSR count). The first-order valence-corrected chi connectivity index (χ1v) is 6.79. The maximum atomic E-state index is 11.2. The Hall–Kier alpha value is -1.31. The molecular weight excluding hydrogens is 222 g/mol. The second kappa shape index (κ2) is 4.75. The van der Waals surface area contributed by atoms with E-state index in [4.69, 9.17) is 5.73 Å². The molecule has 1 amide bonds. The van der Waals surface area contributed by atoms with E-state index in [1.54, 1.807) is 0 Å². The van der Waals surface area contributed by atoms with E-state index in [-0.39, 0.29) is 11.3 Å². The van der Waals surface area contributed by atoms with Crippen LogP contribution in [0.25, 0.3) is 0 Å². The molecular formula is C16H23NO.